The molecule has 7 nitrogen and oxygen atoms in total. The number of amides is 1. The lowest BCUT2D eigenvalue weighted by Gasteiger charge is -2.30. The molecule has 0 N–H and O–H groups in total. The molecule has 0 spiro atoms. The first kappa shape index (κ1) is 20.5. The van der Waals surface area contributed by atoms with E-state index in [1.165, 1.54) is 22.9 Å². The third-order valence-corrected chi connectivity index (χ3v) is 7.32. The third-order valence-electron chi connectivity index (χ3n) is 5.39. The quantitative estimate of drug-likeness (QED) is 0.742. The van der Waals surface area contributed by atoms with E-state index in [-0.39, 0.29) is 16.8 Å². The third kappa shape index (κ3) is 4.44. The Kier molecular flexibility index (Phi) is 6.20. The van der Waals surface area contributed by atoms with Crippen molar-refractivity contribution in [3.05, 3.63) is 47.8 Å². The van der Waals surface area contributed by atoms with E-state index >= 15 is 0 Å². The van der Waals surface area contributed by atoms with Crippen molar-refractivity contribution >= 4 is 15.9 Å². The molecule has 28 heavy (non-hydrogen) atoms. The fourth-order valence-electron chi connectivity index (χ4n) is 3.70. The summed E-state index contributed by atoms with van der Waals surface area (Å²) in [6, 6.07) is 6.29. The lowest BCUT2D eigenvalue weighted by molar-refractivity contribution is 0.0785. The van der Waals surface area contributed by atoms with Gasteiger partial charge in [0, 0.05) is 51.1 Å². The monoisotopic (exact) mass is 404 g/mol. The zero-order valence-electron chi connectivity index (χ0n) is 16.7. The number of carbonyl (C=O) groups excluding carboxylic acids is 1. The molecule has 0 atom stereocenters. The number of benzene rings is 1. The van der Waals surface area contributed by atoms with Crippen LogP contribution in [0.2, 0.25) is 0 Å². The first-order valence-corrected chi connectivity index (χ1v) is 11.0. The Balaban J connectivity index is 1.70. The summed E-state index contributed by atoms with van der Waals surface area (Å²) in [5, 5.41) is 4.10. The van der Waals surface area contributed by atoms with Crippen LogP contribution >= 0.6 is 0 Å². The van der Waals surface area contributed by atoms with Gasteiger partial charge in [-0.1, -0.05) is 19.3 Å². The number of hydrogen-bond donors (Lipinski definition) is 0. The van der Waals surface area contributed by atoms with Crippen LogP contribution in [0.15, 0.2) is 41.6 Å². The lowest BCUT2D eigenvalue weighted by atomic mass is 9.96. The van der Waals surface area contributed by atoms with E-state index in [1.54, 1.807) is 42.0 Å². The van der Waals surface area contributed by atoms with Crippen molar-refractivity contribution < 1.29 is 13.2 Å². The molecule has 152 valence electrons. The average Bonchev–Trinajstić information content (AvgIpc) is 3.12. The Bertz CT molecular complexity index is 915. The van der Waals surface area contributed by atoms with E-state index in [4.69, 9.17) is 0 Å². The topological polar surface area (TPSA) is 75.5 Å². The Morgan fingerprint density at radius 1 is 1.14 bits per heavy atom. The van der Waals surface area contributed by atoms with E-state index in [0.29, 0.717) is 12.1 Å². The van der Waals surface area contributed by atoms with Crippen LogP contribution in [0.25, 0.3) is 0 Å². The molecular formula is C20H28N4O3S. The predicted molar refractivity (Wildman–Crippen MR) is 107 cm³/mol. The summed E-state index contributed by atoms with van der Waals surface area (Å²) in [6.07, 6.45) is 8.72. The molecule has 2 aromatic rings. The molecule has 1 aliphatic carbocycles. The van der Waals surface area contributed by atoms with Gasteiger partial charge in [0.1, 0.15) is 0 Å². The fraction of sp³-hybridized carbons (Fsp3) is 0.500. The first-order chi connectivity index (χ1) is 13.3. The lowest BCUT2D eigenvalue weighted by Crippen LogP contribution is -2.38. The van der Waals surface area contributed by atoms with Gasteiger partial charge in [0.2, 0.25) is 10.0 Å². The number of rotatable bonds is 6. The second-order valence-electron chi connectivity index (χ2n) is 7.52. The molecular weight excluding hydrogens is 376 g/mol. The highest BCUT2D eigenvalue weighted by Crippen LogP contribution is 2.26. The van der Waals surface area contributed by atoms with Gasteiger partial charge < -0.3 is 4.90 Å². The minimum Gasteiger partial charge on any atom is -0.337 e. The standard InChI is InChI=1S/C20H28N4O3S/c1-22(14-16-13-21-23(2)15-16)20(25)17-9-11-19(12-10-17)28(26,27)24(3)18-7-5-4-6-8-18/h9-13,15,18H,4-8,14H2,1-3H3. The van der Waals surface area contributed by atoms with Gasteiger partial charge in [-0.15, -0.1) is 0 Å². The van der Waals surface area contributed by atoms with Crippen LogP contribution in [0, 0.1) is 0 Å². The maximum atomic E-state index is 12.9. The molecule has 1 aromatic carbocycles. The van der Waals surface area contributed by atoms with Crippen LogP contribution in [0.3, 0.4) is 0 Å². The summed E-state index contributed by atoms with van der Waals surface area (Å²) < 4.78 is 29.0. The number of sulfonamides is 1. The second kappa shape index (κ2) is 8.45. The molecule has 1 aromatic heterocycles. The Labute approximate surface area is 167 Å². The Hall–Kier alpha value is -2.19. The van der Waals surface area contributed by atoms with Crippen molar-refractivity contribution in [2.24, 2.45) is 7.05 Å². The van der Waals surface area contributed by atoms with Crippen LogP contribution in [0.4, 0.5) is 0 Å². The van der Waals surface area contributed by atoms with E-state index in [0.717, 1.165) is 31.2 Å². The normalized spacial score (nSPS) is 15.7. The number of aromatic nitrogens is 2. The van der Waals surface area contributed by atoms with Crippen LogP contribution < -0.4 is 0 Å². The summed E-state index contributed by atoms with van der Waals surface area (Å²) in [7, 11) is 1.66. The molecule has 0 bridgehead atoms. The van der Waals surface area contributed by atoms with Gasteiger partial charge in [-0.2, -0.15) is 9.40 Å². The fourth-order valence-corrected chi connectivity index (χ4v) is 5.11. The van der Waals surface area contributed by atoms with Crippen molar-refractivity contribution in [1.82, 2.24) is 19.0 Å². The molecule has 8 heteroatoms. The highest BCUT2D eigenvalue weighted by molar-refractivity contribution is 7.89. The Morgan fingerprint density at radius 3 is 2.36 bits per heavy atom. The summed E-state index contributed by atoms with van der Waals surface area (Å²) in [6.45, 7) is 0.442. The number of aryl methyl sites for hydroxylation is 1. The van der Waals surface area contributed by atoms with Crippen molar-refractivity contribution in [1.29, 1.82) is 0 Å². The first-order valence-electron chi connectivity index (χ1n) is 9.60. The molecule has 0 unspecified atom stereocenters. The van der Waals surface area contributed by atoms with E-state index in [2.05, 4.69) is 5.10 Å². The van der Waals surface area contributed by atoms with Gasteiger partial charge in [0.25, 0.3) is 5.91 Å². The van der Waals surface area contributed by atoms with Gasteiger partial charge in [-0.05, 0) is 37.1 Å². The molecule has 1 heterocycles. The molecule has 1 fully saturated rings. The van der Waals surface area contributed by atoms with Crippen LogP contribution in [-0.4, -0.2) is 53.4 Å². The maximum absolute atomic E-state index is 12.9. The number of carbonyl (C=O) groups is 1. The summed E-state index contributed by atoms with van der Waals surface area (Å²) in [4.78, 5) is 14.5. The molecule has 1 aliphatic rings. The van der Waals surface area contributed by atoms with Gasteiger partial charge in [-0.3, -0.25) is 9.48 Å². The van der Waals surface area contributed by atoms with E-state index in [1.807, 2.05) is 13.2 Å². The summed E-state index contributed by atoms with van der Waals surface area (Å²) >= 11 is 0. The largest absolute Gasteiger partial charge is 0.337 e. The molecule has 1 saturated carbocycles. The van der Waals surface area contributed by atoms with Crippen LogP contribution in [0.5, 0.6) is 0 Å². The highest BCUT2D eigenvalue weighted by atomic mass is 32.2. The predicted octanol–water partition coefficient (Wildman–Crippen LogP) is 2.65. The van der Waals surface area contributed by atoms with Gasteiger partial charge in [-0.25, -0.2) is 8.42 Å². The van der Waals surface area contributed by atoms with E-state index < -0.39 is 10.0 Å². The average molecular weight is 405 g/mol. The zero-order chi connectivity index (χ0) is 20.3. The minimum absolute atomic E-state index is 0.0608. The zero-order valence-corrected chi connectivity index (χ0v) is 17.5. The molecule has 0 saturated heterocycles. The van der Waals surface area contributed by atoms with E-state index in [9.17, 15) is 13.2 Å². The van der Waals surface area contributed by atoms with Crippen LogP contribution in [0.1, 0.15) is 48.0 Å². The molecule has 3 rings (SSSR count). The van der Waals surface area contributed by atoms with Gasteiger partial charge in [0.15, 0.2) is 0 Å². The molecule has 1 amide bonds. The summed E-state index contributed by atoms with van der Waals surface area (Å²) in [5.74, 6) is -0.159. The van der Waals surface area contributed by atoms with Crippen molar-refractivity contribution in [3.8, 4) is 0 Å². The highest BCUT2D eigenvalue weighted by Gasteiger charge is 2.29. The maximum Gasteiger partial charge on any atom is 0.253 e. The SMILES string of the molecule is CN(Cc1cnn(C)c1)C(=O)c1ccc(S(=O)(=O)N(C)C2CCCCC2)cc1. The molecule has 0 radical (unpaired) electrons. The van der Waals surface area contributed by atoms with Crippen molar-refractivity contribution in [3.63, 3.8) is 0 Å². The Morgan fingerprint density at radius 2 is 1.79 bits per heavy atom. The minimum atomic E-state index is -3.55. The van der Waals surface area contributed by atoms with Crippen LogP contribution in [-0.2, 0) is 23.6 Å². The van der Waals surface area contributed by atoms with Gasteiger partial charge >= 0.3 is 0 Å². The molecule has 0 aliphatic heterocycles. The smallest absolute Gasteiger partial charge is 0.253 e. The van der Waals surface area contributed by atoms with Crippen molar-refractivity contribution in [2.45, 2.75) is 49.6 Å². The number of hydrogen-bond acceptors (Lipinski definition) is 4. The summed E-state index contributed by atoms with van der Waals surface area (Å²) in [5.41, 5.74) is 1.40. The number of nitrogens with zero attached hydrogens (tertiary/aromatic N) is 4. The van der Waals surface area contributed by atoms with Gasteiger partial charge in [0.05, 0.1) is 11.1 Å². The van der Waals surface area contributed by atoms with Crippen molar-refractivity contribution in [2.75, 3.05) is 14.1 Å². The second-order valence-corrected chi connectivity index (χ2v) is 9.52.